The normalized spacial score (nSPS) is 11.6. The maximum atomic E-state index is 5.49. The highest BCUT2D eigenvalue weighted by Gasteiger charge is 2.10. The molecule has 22 heavy (non-hydrogen) atoms. The quantitative estimate of drug-likeness (QED) is 0.666. The Labute approximate surface area is 131 Å². The second kappa shape index (κ2) is 6.79. The van der Waals surface area contributed by atoms with Crippen molar-refractivity contribution in [2.24, 2.45) is 0 Å². The van der Waals surface area contributed by atoms with Crippen LogP contribution in [0, 0.1) is 0 Å². The summed E-state index contributed by atoms with van der Waals surface area (Å²) in [4.78, 5) is 7.01. The molecule has 0 unspecified atom stereocenters. The van der Waals surface area contributed by atoms with E-state index in [1.807, 2.05) is 18.2 Å². The first-order valence-corrected chi connectivity index (χ1v) is 8.05. The summed E-state index contributed by atoms with van der Waals surface area (Å²) in [5.41, 5.74) is 2.80. The Balaban J connectivity index is 1.80. The van der Waals surface area contributed by atoms with Gasteiger partial charge in [-0.2, -0.15) is 0 Å². The molecule has 1 aromatic carbocycles. The molecule has 0 aliphatic carbocycles. The number of benzene rings is 1. The van der Waals surface area contributed by atoms with Gasteiger partial charge in [-0.15, -0.1) is 0 Å². The van der Waals surface area contributed by atoms with Crippen molar-refractivity contribution in [3.8, 4) is 0 Å². The van der Waals surface area contributed by atoms with Crippen LogP contribution in [0.25, 0.3) is 22.0 Å². The minimum Gasteiger partial charge on any atom is -0.446 e. The van der Waals surface area contributed by atoms with E-state index in [2.05, 4.69) is 41.2 Å². The molecule has 1 N–H and O–H groups in total. The standard InChI is InChI=1S/C18H23N3O/c1-3-21(4-2)12-7-11-19-17-14-8-5-6-9-16(14)20-18-15(17)10-13-22-18/h5-6,8-10,13H,3-4,7,11-12H2,1-2H3,(H,19,20). The molecule has 0 saturated heterocycles. The van der Waals surface area contributed by atoms with E-state index in [0.29, 0.717) is 5.71 Å². The van der Waals surface area contributed by atoms with Crippen LogP contribution in [0.4, 0.5) is 5.69 Å². The van der Waals surface area contributed by atoms with Gasteiger partial charge in [0.2, 0.25) is 5.71 Å². The van der Waals surface area contributed by atoms with Crippen LogP contribution < -0.4 is 5.32 Å². The van der Waals surface area contributed by atoms with E-state index in [1.165, 1.54) is 0 Å². The largest absolute Gasteiger partial charge is 0.446 e. The molecule has 0 atom stereocenters. The highest BCUT2D eigenvalue weighted by Crippen LogP contribution is 2.31. The smallest absolute Gasteiger partial charge is 0.228 e. The van der Waals surface area contributed by atoms with E-state index in [0.717, 1.165) is 54.6 Å². The number of rotatable bonds is 7. The average Bonchev–Trinajstić information content (AvgIpc) is 3.02. The first kappa shape index (κ1) is 14.9. The van der Waals surface area contributed by atoms with Gasteiger partial charge >= 0.3 is 0 Å². The third-order valence-corrected chi connectivity index (χ3v) is 4.16. The number of hydrogen-bond acceptors (Lipinski definition) is 4. The lowest BCUT2D eigenvalue weighted by Crippen LogP contribution is -2.25. The van der Waals surface area contributed by atoms with Crippen molar-refractivity contribution in [2.75, 3.05) is 31.5 Å². The zero-order chi connectivity index (χ0) is 15.4. The summed E-state index contributed by atoms with van der Waals surface area (Å²) in [5.74, 6) is 0. The molecule has 2 aromatic heterocycles. The zero-order valence-electron chi connectivity index (χ0n) is 13.3. The minimum absolute atomic E-state index is 0.699. The topological polar surface area (TPSA) is 41.3 Å². The van der Waals surface area contributed by atoms with Crippen molar-refractivity contribution in [3.63, 3.8) is 0 Å². The molecule has 3 aromatic rings. The van der Waals surface area contributed by atoms with Gasteiger partial charge < -0.3 is 14.6 Å². The molecule has 0 spiro atoms. The Morgan fingerprint density at radius 1 is 1.09 bits per heavy atom. The number of furan rings is 1. The number of hydrogen-bond donors (Lipinski definition) is 1. The van der Waals surface area contributed by atoms with E-state index >= 15 is 0 Å². The van der Waals surface area contributed by atoms with Crippen molar-refractivity contribution in [1.82, 2.24) is 9.88 Å². The molecule has 4 nitrogen and oxygen atoms in total. The molecule has 0 saturated carbocycles. The van der Waals surface area contributed by atoms with Gasteiger partial charge in [-0.3, -0.25) is 0 Å². The Bertz CT molecular complexity index is 746. The minimum atomic E-state index is 0.699. The second-order valence-electron chi connectivity index (χ2n) is 5.45. The van der Waals surface area contributed by atoms with E-state index in [-0.39, 0.29) is 0 Å². The maximum absolute atomic E-state index is 5.49. The lowest BCUT2D eigenvalue weighted by atomic mass is 10.1. The fraction of sp³-hybridized carbons (Fsp3) is 0.389. The van der Waals surface area contributed by atoms with Crippen molar-refractivity contribution in [1.29, 1.82) is 0 Å². The van der Waals surface area contributed by atoms with Gasteiger partial charge in [-0.25, -0.2) is 4.98 Å². The van der Waals surface area contributed by atoms with Crippen molar-refractivity contribution in [3.05, 3.63) is 36.6 Å². The Hall–Kier alpha value is -2.07. The summed E-state index contributed by atoms with van der Waals surface area (Å²) in [6.45, 7) is 8.72. The maximum Gasteiger partial charge on any atom is 0.228 e. The Morgan fingerprint density at radius 3 is 2.73 bits per heavy atom. The zero-order valence-corrected chi connectivity index (χ0v) is 13.3. The molecule has 0 fully saturated rings. The Kier molecular flexibility index (Phi) is 4.59. The predicted molar refractivity (Wildman–Crippen MR) is 92.4 cm³/mol. The highest BCUT2D eigenvalue weighted by atomic mass is 16.3. The Morgan fingerprint density at radius 2 is 1.91 bits per heavy atom. The van der Waals surface area contributed by atoms with Crippen LogP contribution in [0.15, 0.2) is 41.0 Å². The van der Waals surface area contributed by atoms with Crippen LogP contribution >= 0.6 is 0 Å². The van der Waals surface area contributed by atoms with Crippen LogP contribution in [0.2, 0.25) is 0 Å². The number of aromatic nitrogens is 1. The van der Waals surface area contributed by atoms with Crippen LogP contribution in [-0.2, 0) is 0 Å². The molecule has 0 bridgehead atoms. The van der Waals surface area contributed by atoms with Crippen LogP contribution in [-0.4, -0.2) is 36.1 Å². The lowest BCUT2D eigenvalue weighted by Gasteiger charge is -2.18. The van der Waals surface area contributed by atoms with Gasteiger partial charge in [0.15, 0.2) is 0 Å². The number of nitrogens with one attached hydrogen (secondary N) is 1. The van der Waals surface area contributed by atoms with Crippen molar-refractivity contribution >= 4 is 27.7 Å². The van der Waals surface area contributed by atoms with Crippen LogP contribution in [0.5, 0.6) is 0 Å². The molecule has 4 heteroatoms. The van der Waals surface area contributed by atoms with Gasteiger partial charge in [0.05, 0.1) is 22.9 Å². The SMILES string of the molecule is CCN(CC)CCCNc1c2ccccc2nc2occc12. The fourth-order valence-corrected chi connectivity index (χ4v) is 2.86. The lowest BCUT2D eigenvalue weighted by molar-refractivity contribution is 0.303. The third kappa shape index (κ3) is 2.92. The van der Waals surface area contributed by atoms with E-state index in [4.69, 9.17) is 4.42 Å². The highest BCUT2D eigenvalue weighted by molar-refractivity contribution is 6.05. The van der Waals surface area contributed by atoms with Gasteiger partial charge in [0, 0.05) is 11.9 Å². The summed E-state index contributed by atoms with van der Waals surface area (Å²) in [7, 11) is 0. The number of pyridine rings is 1. The summed E-state index contributed by atoms with van der Waals surface area (Å²) >= 11 is 0. The number of anilines is 1. The van der Waals surface area contributed by atoms with E-state index in [9.17, 15) is 0 Å². The summed E-state index contributed by atoms with van der Waals surface area (Å²) in [5, 5.41) is 5.80. The molecular formula is C18H23N3O. The van der Waals surface area contributed by atoms with Crippen LogP contribution in [0.3, 0.4) is 0 Å². The molecule has 0 aliphatic rings. The summed E-state index contributed by atoms with van der Waals surface area (Å²) in [6, 6.07) is 10.2. The average molecular weight is 297 g/mol. The summed E-state index contributed by atoms with van der Waals surface area (Å²) in [6.07, 6.45) is 2.83. The van der Waals surface area contributed by atoms with Gasteiger partial charge in [0.25, 0.3) is 0 Å². The predicted octanol–water partition coefficient (Wildman–Crippen LogP) is 4.12. The number of para-hydroxylation sites is 1. The molecule has 2 heterocycles. The molecule has 0 aliphatic heterocycles. The second-order valence-corrected chi connectivity index (χ2v) is 5.45. The van der Waals surface area contributed by atoms with Crippen molar-refractivity contribution < 1.29 is 4.42 Å². The number of fused-ring (bicyclic) bond motifs is 2. The molecular weight excluding hydrogens is 274 g/mol. The molecule has 0 amide bonds. The molecule has 0 radical (unpaired) electrons. The molecule has 3 rings (SSSR count). The first-order valence-electron chi connectivity index (χ1n) is 8.05. The third-order valence-electron chi connectivity index (χ3n) is 4.16. The van der Waals surface area contributed by atoms with Gasteiger partial charge in [-0.05, 0) is 38.2 Å². The van der Waals surface area contributed by atoms with Gasteiger partial charge in [-0.1, -0.05) is 32.0 Å². The van der Waals surface area contributed by atoms with Gasteiger partial charge in [0.1, 0.15) is 0 Å². The number of nitrogens with zero attached hydrogens (tertiary/aromatic N) is 2. The summed E-state index contributed by atoms with van der Waals surface area (Å²) < 4.78 is 5.49. The van der Waals surface area contributed by atoms with E-state index in [1.54, 1.807) is 6.26 Å². The molecule has 116 valence electrons. The van der Waals surface area contributed by atoms with Crippen LogP contribution in [0.1, 0.15) is 20.3 Å². The fourth-order valence-electron chi connectivity index (χ4n) is 2.86. The first-order chi connectivity index (χ1) is 10.8. The monoisotopic (exact) mass is 297 g/mol. The van der Waals surface area contributed by atoms with Crippen molar-refractivity contribution in [2.45, 2.75) is 20.3 Å². The van der Waals surface area contributed by atoms with E-state index < -0.39 is 0 Å².